The van der Waals surface area contributed by atoms with E-state index in [0.29, 0.717) is 123 Å². The number of pyridine rings is 3. The predicted octanol–water partition coefficient (Wildman–Crippen LogP) is 21.2. The van der Waals surface area contributed by atoms with Crippen LogP contribution in [0.25, 0.3) is 55.9 Å². The van der Waals surface area contributed by atoms with Crippen molar-refractivity contribution in [3.05, 3.63) is 333 Å². The number of fused-ring (bicyclic) bond motifs is 6. The maximum Gasteiger partial charge on any atom is 0.340 e. The number of nitrogens with zero attached hydrogens (tertiary/aromatic N) is 8. The van der Waals surface area contributed by atoms with Crippen molar-refractivity contribution in [3.8, 4) is 55.9 Å². The van der Waals surface area contributed by atoms with Crippen LogP contribution in [-0.2, 0) is 112 Å². The van der Waals surface area contributed by atoms with Gasteiger partial charge in [-0.3, -0.25) is 43.1 Å². The molecule has 0 spiro atoms. The minimum atomic E-state index is -4.03. The fourth-order valence-electron chi connectivity index (χ4n) is 16.6. The number of nitrogen functional groups attached to an aromatic ring is 1. The zero-order valence-corrected chi connectivity index (χ0v) is 82.0. The summed E-state index contributed by atoms with van der Waals surface area (Å²) < 4.78 is 163. The van der Waals surface area contributed by atoms with E-state index in [1.165, 1.54) is 45.0 Å². The first-order valence-electron chi connectivity index (χ1n) is 43.2. The number of nitro groups is 2. The number of esters is 3. The number of halogens is 4. The van der Waals surface area contributed by atoms with Crippen LogP contribution >= 0.6 is 11.6 Å². The summed E-state index contributed by atoms with van der Waals surface area (Å²) in [5.41, 5.74) is 17.2. The third kappa shape index (κ3) is 24.2. The molecule has 14 rings (SSSR count). The number of ether oxygens (including phenoxy) is 6. The standard InChI is InChI=1S/C34H35ClFN3O7S.C34H34FN3O7S.C34H36FN3O5S/c1-21-16-28(38(47(6,43)44)19-25-17-26(36)18-37-32(25)35)22(2)30(29(21)24-12-14-27(15-13-24)39(41)42)31(46-34(3,4)5)33(40)45-20-23-10-8-7-9-11-23;1-20-27(23-12-14-26(15-13-23)38(40)41)28(32(45-34(3,4)5)33(39)44-19-22-10-8-7-9-11-22)21(2)31-29(20)30-24(16-25(35)17-36-30)18-37(31)46(6,42)43;1-20-27(23-12-14-26(36)15-13-23)28(32(43-34(3,4)5)33(39)42-19-22-10-8-7-9-11-22)21(2)31-29(20)30-24(16-25(35)17-37-30)18-38(31)44(6,40)41/h7-18,31H,19-20H2,1-6H3;7-17,32H,18-19H2,1-6H3;7-17,32H,18-19,36H2,1-6H3/t31-;2*32-/m000/s1. The van der Waals surface area contributed by atoms with Crippen molar-refractivity contribution in [2.24, 2.45) is 0 Å². The summed E-state index contributed by atoms with van der Waals surface area (Å²) in [7, 11) is -11.8. The molecule has 0 saturated carbocycles. The number of rotatable bonds is 26. The van der Waals surface area contributed by atoms with Crippen LogP contribution in [0.2, 0.25) is 5.15 Å². The zero-order chi connectivity index (χ0) is 100. The number of carbonyl (C=O) groups is 3. The van der Waals surface area contributed by atoms with Crippen LogP contribution in [0.5, 0.6) is 0 Å². The molecule has 137 heavy (non-hydrogen) atoms. The molecule has 12 aromatic rings. The fraction of sp³-hybridized carbons (Fsp3) is 0.294. The van der Waals surface area contributed by atoms with Gasteiger partial charge in [0, 0.05) is 74.5 Å². The summed E-state index contributed by atoms with van der Waals surface area (Å²) in [5.74, 6) is -3.92. The van der Waals surface area contributed by atoms with Crippen molar-refractivity contribution >= 4 is 93.7 Å². The molecule has 0 bridgehead atoms. The number of nitrogens with two attached hydrogens (primary N) is 1. The first-order chi connectivity index (χ1) is 64.2. The molecular formula is C102H105ClF3N9O19S3. The summed E-state index contributed by atoms with van der Waals surface area (Å²) in [4.78, 5) is 76.6. The average Bonchev–Trinajstić information content (AvgIpc) is 0.716. The molecule has 9 aromatic carbocycles. The Morgan fingerprint density at radius 1 is 0.453 bits per heavy atom. The number of hydrogen-bond donors (Lipinski definition) is 1. The Balaban J connectivity index is 0.000000185. The number of nitro benzene ring substituents is 2. The molecule has 0 aliphatic carbocycles. The van der Waals surface area contributed by atoms with Crippen LogP contribution in [0.15, 0.2) is 207 Å². The van der Waals surface area contributed by atoms with E-state index in [4.69, 9.17) is 45.8 Å². The van der Waals surface area contributed by atoms with Gasteiger partial charge in [-0.2, -0.15) is 0 Å². The highest BCUT2D eigenvalue weighted by Crippen LogP contribution is 2.55. The number of aryl methyl sites for hydroxylation is 1. The van der Waals surface area contributed by atoms with Gasteiger partial charge in [-0.15, -0.1) is 0 Å². The Hall–Kier alpha value is -13.4. The Morgan fingerprint density at radius 3 is 1.10 bits per heavy atom. The number of anilines is 4. The molecule has 3 aromatic heterocycles. The summed E-state index contributed by atoms with van der Waals surface area (Å²) in [6.45, 7) is 25.9. The van der Waals surface area contributed by atoms with Gasteiger partial charge in [0.05, 0.1) is 112 Å². The van der Waals surface area contributed by atoms with Crippen molar-refractivity contribution in [1.82, 2.24) is 15.0 Å². The first kappa shape index (κ1) is 103. The van der Waals surface area contributed by atoms with E-state index < -0.39 is 110 Å². The van der Waals surface area contributed by atoms with Crippen LogP contribution in [-0.4, -0.2) is 104 Å². The average molecular weight is 1950 g/mol. The molecule has 0 unspecified atom stereocenters. The highest BCUT2D eigenvalue weighted by molar-refractivity contribution is 7.92. The highest BCUT2D eigenvalue weighted by Gasteiger charge is 2.44. The van der Waals surface area contributed by atoms with Crippen LogP contribution in [0.4, 0.5) is 47.3 Å². The number of benzene rings is 9. The van der Waals surface area contributed by atoms with Crippen LogP contribution in [0.1, 0.15) is 164 Å². The minimum absolute atomic E-state index is 0.0299. The maximum atomic E-state index is 14.4. The lowest BCUT2D eigenvalue weighted by Gasteiger charge is -2.37. The minimum Gasteiger partial charge on any atom is -0.459 e. The van der Waals surface area contributed by atoms with Crippen molar-refractivity contribution in [3.63, 3.8) is 0 Å². The number of aromatic nitrogens is 3. The first-order valence-corrected chi connectivity index (χ1v) is 49.1. The SMILES string of the molecule is Cc1c(-c2ccc(N)cc2)c([C@H](OC(C)(C)C)C(=O)OCc2ccccc2)c(C)c2c1-c1ncc(F)cc1CN2S(C)(=O)=O.Cc1c(-c2ccc([N+](=O)[O-])cc2)c([C@H](OC(C)(C)C)C(=O)OCc2ccccc2)c(C)c2c1-c1ncc(F)cc1CN2S(C)(=O)=O.Cc1cc(N(Cc2cc(F)cnc2Cl)S(C)(=O)=O)c(C)c([C@H](OC(C)(C)C)C(=O)OCc2ccccc2)c1-c1ccc([N+](=O)[O-])cc1. The molecular weight excluding hydrogens is 1840 g/mol. The molecule has 2 aliphatic rings. The maximum absolute atomic E-state index is 14.4. The van der Waals surface area contributed by atoms with Crippen molar-refractivity contribution in [2.45, 2.75) is 178 Å². The molecule has 35 heteroatoms. The number of non-ortho nitro benzene ring substituents is 2. The monoisotopic (exact) mass is 1950 g/mol. The largest absolute Gasteiger partial charge is 0.459 e. The predicted molar refractivity (Wildman–Crippen MR) is 520 cm³/mol. The van der Waals surface area contributed by atoms with E-state index in [1.54, 1.807) is 119 Å². The number of sulfonamides is 3. The van der Waals surface area contributed by atoms with Crippen LogP contribution < -0.4 is 18.6 Å². The second kappa shape index (κ2) is 41.3. The highest BCUT2D eigenvalue weighted by atomic mass is 35.5. The molecule has 28 nitrogen and oxygen atoms in total. The van der Waals surface area contributed by atoms with E-state index >= 15 is 0 Å². The third-order valence-electron chi connectivity index (χ3n) is 22.4. The summed E-state index contributed by atoms with van der Waals surface area (Å²) in [5, 5.41) is 22.8. The third-order valence-corrected chi connectivity index (χ3v) is 26.1. The van der Waals surface area contributed by atoms with Gasteiger partial charge in [0.2, 0.25) is 30.1 Å². The lowest BCUT2D eigenvalue weighted by Crippen LogP contribution is -2.35. The molecule has 2 N–H and O–H groups in total. The van der Waals surface area contributed by atoms with E-state index in [9.17, 15) is 73.0 Å². The van der Waals surface area contributed by atoms with Crippen molar-refractivity contribution in [2.75, 3.05) is 37.4 Å². The van der Waals surface area contributed by atoms with Gasteiger partial charge in [-0.05, 0) is 248 Å². The van der Waals surface area contributed by atoms with Gasteiger partial charge in [-0.25, -0.2) is 57.8 Å². The summed E-state index contributed by atoms with van der Waals surface area (Å²) >= 11 is 6.24. The molecule has 0 fully saturated rings. The molecule has 0 amide bonds. The lowest BCUT2D eigenvalue weighted by molar-refractivity contribution is -0.385. The number of hydrogen-bond acceptors (Lipinski definition) is 23. The molecule has 3 atom stereocenters. The number of carbonyl (C=O) groups excluding carboxylic acids is 3. The van der Waals surface area contributed by atoms with E-state index in [2.05, 4.69) is 15.0 Å². The molecule has 718 valence electrons. The molecule has 0 radical (unpaired) electrons. The van der Waals surface area contributed by atoms with Crippen LogP contribution in [0.3, 0.4) is 0 Å². The Kier molecular flexibility index (Phi) is 30.9. The van der Waals surface area contributed by atoms with E-state index in [-0.39, 0.29) is 72.9 Å². The van der Waals surface area contributed by atoms with Gasteiger partial charge in [0.1, 0.15) is 42.4 Å². The normalized spacial score (nSPS) is 13.2. The van der Waals surface area contributed by atoms with E-state index in [0.717, 1.165) is 70.0 Å². The lowest BCUT2D eigenvalue weighted by atomic mass is 9.81. The van der Waals surface area contributed by atoms with Crippen molar-refractivity contribution in [1.29, 1.82) is 0 Å². The van der Waals surface area contributed by atoms with E-state index in [1.807, 2.05) is 131 Å². The molecule has 0 saturated heterocycles. The van der Waals surface area contributed by atoms with Gasteiger partial charge in [0.25, 0.3) is 11.4 Å². The van der Waals surface area contributed by atoms with Gasteiger partial charge in [-0.1, -0.05) is 115 Å². The fourth-order valence-corrected chi connectivity index (χ4v) is 19.6. The van der Waals surface area contributed by atoms with Crippen molar-refractivity contribution < 1.29 is 91.1 Å². The van der Waals surface area contributed by atoms with Gasteiger partial charge in [0.15, 0.2) is 18.3 Å². The van der Waals surface area contributed by atoms with Crippen LogP contribution in [0, 0.1) is 79.2 Å². The topological polar surface area (TPSA) is 370 Å². The second-order valence-electron chi connectivity index (χ2n) is 36.2. The summed E-state index contributed by atoms with van der Waals surface area (Å²) in [6.07, 6.45) is 2.38. The Bertz CT molecular complexity index is 7000. The smallest absolute Gasteiger partial charge is 0.340 e. The quantitative estimate of drug-likeness (QED) is 0.0131. The second-order valence-corrected chi connectivity index (χ2v) is 42.3. The van der Waals surface area contributed by atoms with Gasteiger partial charge < -0.3 is 34.2 Å². The Labute approximate surface area is 799 Å². The van der Waals surface area contributed by atoms with Gasteiger partial charge >= 0.3 is 17.9 Å². The zero-order valence-electron chi connectivity index (χ0n) is 78.8. The summed E-state index contributed by atoms with van der Waals surface area (Å²) in [6, 6.07) is 51.7. The molecule has 5 heterocycles. The molecule has 2 aliphatic heterocycles. The Morgan fingerprint density at radius 2 is 0.774 bits per heavy atom.